The van der Waals surface area contributed by atoms with Crippen molar-refractivity contribution in [2.45, 2.75) is 12.5 Å². The van der Waals surface area contributed by atoms with Crippen LogP contribution in [0.15, 0.2) is 12.1 Å². The smallest absolute Gasteiger partial charge is 0.256 e. The molecule has 1 unspecified atom stereocenters. The molecular weight excluding hydrogens is 242 g/mol. The van der Waals surface area contributed by atoms with Crippen LogP contribution in [0, 0.1) is 11.6 Å². The highest BCUT2D eigenvalue weighted by Gasteiger charge is 2.27. The number of hydrogen-bond acceptors (Lipinski definition) is 3. The van der Waals surface area contributed by atoms with Gasteiger partial charge in [-0.05, 0) is 12.5 Å². The maximum atomic E-state index is 13.6. The third-order valence-electron chi connectivity index (χ3n) is 3.09. The first kappa shape index (κ1) is 12.8. The van der Waals surface area contributed by atoms with E-state index in [1.165, 1.54) is 4.90 Å². The number of nitrogens with two attached hydrogens (primary N) is 1. The van der Waals surface area contributed by atoms with Crippen LogP contribution >= 0.6 is 0 Å². The fourth-order valence-electron chi connectivity index (χ4n) is 1.91. The predicted octanol–water partition coefficient (Wildman–Crippen LogP) is 1.41. The first-order valence-electron chi connectivity index (χ1n) is 5.60. The van der Waals surface area contributed by atoms with Crippen LogP contribution in [0.1, 0.15) is 16.8 Å². The van der Waals surface area contributed by atoms with Gasteiger partial charge in [-0.25, -0.2) is 8.78 Å². The number of benzene rings is 1. The molecule has 4 nitrogen and oxygen atoms in total. The normalized spacial score (nSPS) is 18.9. The highest BCUT2D eigenvalue weighted by Crippen LogP contribution is 2.20. The van der Waals surface area contributed by atoms with E-state index >= 15 is 0 Å². The number of hydrogen-bond donors (Lipinski definition) is 1. The molecule has 1 aliphatic heterocycles. The van der Waals surface area contributed by atoms with E-state index in [1.54, 1.807) is 7.05 Å². The summed E-state index contributed by atoms with van der Waals surface area (Å²) < 4.78 is 31.7. The van der Waals surface area contributed by atoms with Crippen molar-refractivity contribution in [2.75, 3.05) is 26.0 Å². The van der Waals surface area contributed by atoms with Crippen molar-refractivity contribution in [3.8, 4) is 0 Å². The van der Waals surface area contributed by atoms with Gasteiger partial charge >= 0.3 is 0 Å². The van der Waals surface area contributed by atoms with E-state index in [1.807, 2.05) is 0 Å². The minimum Gasteiger partial charge on any atom is -0.396 e. The summed E-state index contributed by atoms with van der Waals surface area (Å²) >= 11 is 0. The van der Waals surface area contributed by atoms with Gasteiger partial charge in [0.05, 0.1) is 23.9 Å². The molecule has 6 heteroatoms. The zero-order valence-corrected chi connectivity index (χ0v) is 9.95. The van der Waals surface area contributed by atoms with Crippen molar-refractivity contribution >= 4 is 11.6 Å². The predicted molar refractivity (Wildman–Crippen MR) is 62.1 cm³/mol. The molecule has 0 saturated carbocycles. The quantitative estimate of drug-likeness (QED) is 0.814. The first-order valence-corrected chi connectivity index (χ1v) is 5.60. The lowest BCUT2D eigenvalue weighted by molar-refractivity contribution is 0.0706. The monoisotopic (exact) mass is 256 g/mol. The van der Waals surface area contributed by atoms with Gasteiger partial charge in [0, 0.05) is 19.7 Å². The molecule has 0 aliphatic carbocycles. The lowest BCUT2D eigenvalue weighted by atomic mass is 10.1. The zero-order valence-electron chi connectivity index (χ0n) is 9.95. The van der Waals surface area contributed by atoms with E-state index < -0.39 is 17.5 Å². The number of likely N-dealkylation sites (N-methyl/N-ethyl adjacent to an activating group) is 1. The fraction of sp³-hybridized carbons (Fsp3) is 0.417. The molecule has 0 spiro atoms. The molecule has 0 radical (unpaired) electrons. The Morgan fingerprint density at radius 2 is 2.17 bits per heavy atom. The molecule has 1 aromatic rings. The summed E-state index contributed by atoms with van der Waals surface area (Å²) in [6, 6.07) is 1.57. The minimum absolute atomic E-state index is 0.0804. The lowest BCUT2D eigenvalue weighted by Crippen LogP contribution is -2.37. The summed E-state index contributed by atoms with van der Waals surface area (Å²) in [4.78, 5) is 13.5. The van der Waals surface area contributed by atoms with Gasteiger partial charge in [-0.2, -0.15) is 0 Å². The Kier molecular flexibility index (Phi) is 3.47. The van der Waals surface area contributed by atoms with Gasteiger partial charge in [0.1, 0.15) is 11.6 Å². The van der Waals surface area contributed by atoms with Crippen molar-refractivity contribution < 1.29 is 18.3 Å². The number of halogens is 2. The summed E-state index contributed by atoms with van der Waals surface area (Å²) in [6.45, 7) is 1.01. The van der Waals surface area contributed by atoms with Crippen LogP contribution in [-0.4, -0.2) is 37.1 Å². The van der Waals surface area contributed by atoms with Crippen LogP contribution in [0.2, 0.25) is 0 Å². The Bertz CT molecular complexity index is 473. The molecule has 2 rings (SSSR count). The standard InChI is InChI=1S/C12H14F2N2O2/c1-16(7-2-3-18-6-7)12(17)8-4-11(15)10(14)5-9(8)13/h4-5,7H,2-3,6,15H2,1H3. The number of carbonyl (C=O) groups excluding carboxylic acids is 1. The highest BCUT2D eigenvalue weighted by atomic mass is 19.1. The van der Waals surface area contributed by atoms with Gasteiger partial charge in [0.15, 0.2) is 0 Å². The molecule has 1 saturated heterocycles. The maximum Gasteiger partial charge on any atom is 0.256 e. The summed E-state index contributed by atoms with van der Waals surface area (Å²) in [5.41, 5.74) is 4.88. The van der Waals surface area contributed by atoms with E-state index in [4.69, 9.17) is 10.5 Å². The van der Waals surface area contributed by atoms with E-state index in [2.05, 4.69) is 0 Å². The molecule has 98 valence electrons. The molecule has 0 aromatic heterocycles. The second kappa shape index (κ2) is 4.89. The van der Waals surface area contributed by atoms with E-state index in [0.717, 1.165) is 6.07 Å². The van der Waals surface area contributed by atoms with Crippen molar-refractivity contribution in [3.05, 3.63) is 29.3 Å². The highest BCUT2D eigenvalue weighted by molar-refractivity contribution is 5.95. The van der Waals surface area contributed by atoms with Crippen LogP contribution in [0.5, 0.6) is 0 Å². The molecule has 1 fully saturated rings. The maximum absolute atomic E-state index is 13.6. The number of ether oxygens (including phenoxy) is 1. The molecule has 1 aliphatic rings. The Labute approximate surface area is 103 Å². The molecule has 1 heterocycles. The van der Waals surface area contributed by atoms with Crippen LogP contribution < -0.4 is 5.73 Å². The summed E-state index contributed by atoms with van der Waals surface area (Å²) in [7, 11) is 1.57. The fourth-order valence-corrected chi connectivity index (χ4v) is 1.91. The summed E-state index contributed by atoms with van der Waals surface area (Å²) in [5, 5.41) is 0. The average Bonchev–Trinajstić information content (AvgIpc) is 2.85. The third kappa shape index (κ3) is 2.28. The summed E-state index contributed by atoms with van der Waals surface area (Å²) in [6.07, 6.45) is 0.709. The number of nitrogen functional groups attached to an aromatic ring is 1. The van der Waals surface area contributed by atoms with Crippen molar-refractivity contribution in [1.29, 1.82) is 0 Å². The average molecular weight is 256 g/mol. The Hall–Kier alpha value is -1.69. The van der Waals surface area contributed by atoms with Crippen molar-refractivity contribution in [3.63, 3.8) is 0 Å². The number of carbonyl (C=O) groups is 1. The lowest BCUT2D eigenvalue weighted by Gasteiger charge is -2.23. The van der Waals surface area contributed by atoms with Gasteiger partial charge in [0.2, 0.25) is 0 Å². The largest absolute Gasteiger partial charge is 0.396 e. The van der Waals surface area contributed by atoms with Gasteiger partial charge in [-0.15, -0.1) is 0 Å². The second-order valence-corrected chi connectivity index (χ2v) is 4.29. The summed E-state index contributed by atoms with van der Waals surface area (Å²) in [5.74, 6) is -2.29. The van der Waals surface area contributed by atoms with Gasteiger partial charge in [-0.3, -0.25) is 4.79 Å². The molecule has 1 aromatic carbocycles. The second-order valence-electron chi connectivity index (χ2n) is 4.29. The molecule has 0 bridgehead atoms. The number of amides is 1. The Morgan fingerprint density at radius 1 is 1.44 bits per heavy atom. The molecule has 18 heavy (non-hydrogen) atoms. The molecule has 1 amide bonds. The zero-order chi connectivity index (χ0) is 13.3. The van der Waals surface area contributed by atoms with Crippen LogP contribution in [0.3, 0.4) is 0 Å². The number of rotatable bonds is 2. The van der Waals surface area contributed by atoms with Crippen LogP contribution in [0.25, 0.3) is 0 Å². The first-order chi connectivity index (χ1) is 8.50. The van der Waals surface area contributed by atoms with Crippen molar-refractivity contribution in [2.24, 2.45) is 0 Å². The van der Waals surface area contributed by atoms with Crippen LogP contribution in [0.4, 0.5) is 14.5 Å². The van der Waals surface area contributed by atoms with Gasteiger partial charge in [0.25, 0.3) is 5.91 Å². The minimum atomic E-state index is -0.905. The SMILES string of the molecule is CN(C(=O)c1cc(N)c(F)cc1F)C1CCOC1. The molecule has 1 atom stereocenters. The topological polar surface area (TPSA) is 55.6 Å². The molecular formula is C12H14F2N2O2. The number of anilines is 1. The van der Waals surface area contributed by atoms with Crippen LogP contribution in [-0.2, 0) is 4.74 Å². The van der Waals surface area contributed by atoms with Crippen molar-refractivity contribution in [1.82, 2.24) is 4.90 Å². The molecule has 2 N–H and O–H groups in total. The number of nitrogens with zero attached hydrogens (tertiary/aromatic N) is 1. The van der Waals surface area contributed by atoms with E-state index in [0.29, 0.717) is 25.7 Å². The van der Waals surface area contributed by atoms with Gasteiger partial charge in [-0.1, -0.05) is 0 Å². The van der Waals surface area contributed by atoms with E-state index in [9.17, 15) is 13.6 Å². The third-order valence-corrected chi connectivity index (χ3v) is 3.09. The Balaban J connectivity index is 2.25. The Morgan fingerprint density at radius 3 is 2.78 bits per heavy atom. The van der Waals surface area contributed by atoms with Gasteiger partial charge < -0.3 is 15.4 Å². The van der Waals surface area contributed by atoms with E-state index in [-0.39, 0.29) is 17.3 Å².